The van der Waals surface area contributed by atoms with E-state index < -0.39 is 14.5 Å². The van der Waals surface area contributed by atoms with Gasteiger partial charge in [-0.2, -0.15) is 0 Å². The van der Waals surface area contributed by atoms with Crippen LogP contribution >= 0.6 is 0 Å². The van der Waals surface area contributed by atoms with Gasteiger partial charge in [-0.25, -0.2) is 4.79 Å². The highest BCUT2D eigenvalue weighted by atomic mass is 28.4. The molecular formula is C17H34O5Si. The maximum atomic E-state index is 12.2. The molecule has 23 heavy (non-hydrogen) atoms. The minimum absolute atomic E-state index is 0.337. The highest BCUT2D eigenvalue weighted by molar-refractivity contribution is 6.62. The number of allylic oxidation sites excluding steroid dienone is 1. The third kappa shape index (κ3) is 7.61. The molecule has 0 saturated carbocycles. The molecule has 0 aliphatic rings. The number of ether oxygens (including phenoxy) is 1. The van der Waals surface area contributed by atoms with E-state index in [9.17, 15) is 4.79 Å². The second kappa shape index (κ2) is 12.7. The molecule has 0 amide bonds. The van der Waals surface area contributed by atoms with Gasteiger partial charge in [0.1, 0.15) is 0 Å². The van der Waals surface area contributed by atoms with Crippen LogP contribution in [0, 0.1) is 0 Å². The van der Waals surface area contributed by atoms with Gasteiger partial charge in [0.05, 0.1) is 0 Å². The third-order valence-electron chi connectivity index (χ3n) is 3.29. The summed E-state index contributed by atoms with van der Waals surface area (Å²) in [5, 5.41) is 0. The molecule has 6 heteroatoms. The smallest absolute Gasteiger partial charge is 0.454 e. The first-order valence-electron chi connectivity index (χ1n) is 8.76. The van der Waals surface area contributed by atoms with Crippen LogP contribution in [0.4, 0.5) is 0 Å². The summed E-state index contributed by atoms with van der Waals surface area (Å²) in [6.07, 6.45) is 4.92. The van der Waals surface area contributed by atoms with Crippen LogP contribution in [0.3, 0.4) is 0 Å². The van der Waals surface area contributed by atoms with Crippen LogP contribution in [-0.4, -0.2) is 40.3 Å². The largest absolute Gasteiger partial charge is 0.544 e. The Morgan fingerprint density at radius 3 is 1.70 bits per heavy atom. The number of carbonyl (C=O) groups excluding carboxylic acids is 1. The molecule has 0 aliphatic heterocycles. The maximum absolute atomic E-state index is 12.2. The number of carbonyl (C=O) groups is 1. The summed E-state index contributed by atoms with van der Waals surface area (Å²) in [5.74, 6) is -0.337. The molecule has 0 rings (SSSR count). The molecule has 0 heterocycles. The maximum Gasteiger partial charge on any atom is 0.544 e. The summed E-state index contributed by atoms with van der Waals surface area (Å²) < 4.78 is 23.8. The summed E-state index contributed by atoms with van der Waals surface area (Å²) in [5.41, 5.74) is 0.0994. The fourth-order valence-corrected chi connectivity index (χ4v) is 4.91. The first kappa shape index (κ1) is 22.3. The van der Waals surface area contributed by atoms with Crippen molar-refractivity contribution < 1.29 is 22.8 Å². The average molecular weight is 347 g/mol. The van der Waals surface area contributed by atoms with Crippen LogP contribution < -0.4 is 0 Å². The Balaban J connectivity index is 5.36. The minimum Gasteiger partial charge on any atom is -0.454 e. The molecule has 1 atom stereocenters. The molecule has 5 nitrogen and oxygen atoms in total. The topological polar surface area (TPSA) is 54.0 Å². The second-order valence-corrected chi connectivity index (χ2v) is 8.14. The van der Waals surface area contributed by atoms with E-state index in [1.807, 2.05) is 34.6 Å². The van der Waals surface area contributed by atoms with Crippen LogP contribution in [0.2, 0.25) is 0 Å². The normalized spacial score (nSPS) is 13.9. The average Bonchev–Trinajstić information content (AvgIpc) is 2.58. The summed E-state index contributed by atoms with van der Waals surface area (Å²) in [4.78, 5) is 12.2. The van der Waals surface area contributed by atoms with Crippen molar-refractivity contribution in [3.05, 3.63) is 11.6 Å². The molecule has 0 aromatic carbocycles. The van der Waals surface area contributed by atoms with Crippen molar-refractivity contribution in [1.29, 1.82) is 0 Å². The summed E-state index contributed by atoms with van der Waals surface area (Å²) in [7, 11) is -3.08. The number of rotatable bonds is 13. The second-order valence-electron chi connectivity index (χ2n) is 5.42. The number of hydrogen-bond donors (Lipinski definition) is 0. The monoisotopic (exact) mass is 346 g/mol. The van der Waals surface area contributed by atoms with Gasteiger partial charge in [0.15, 0.2) is 5.73 Å². The van der Waals surface area contributed by atoms with Gasteiger partial charge in [-0.15, -0.1) is 0 Å². The van der Waals surface area contributed by atoms with Gasteiger partial charge < -0.3 is 18.0 Å². The Labute approximate surface area is 142 Å². The third-order valence-corrected chi connectivity index (χ3v) is 6.43. The van der Waals surface area contributed by atoms with Crippen molar-refractivity contribution in [2.45, 2.75) is 73.0 Å². The standard InChI is InChI=1S/C17H34O5Si/c1-7-12-19-23(20-13-8-2,21-14-9-3)16(11-5)22-17(18)15(6)10-4/h10,16H,7-9,11-14H2,1-6H3. The predicted octanol–water partition coefficient (Wildman–Crippen LogP) is 4.03. The van der Waals surface area contributed by atoms with E-state index in [1.165, 1.54) is 0 Å². The molecule has 0 spiro atoms. The Morgan fingerprint density at radius 2 is 1.39 bits per heavy atom. The van der Waals surface area contributed by atoms with Crippen molar-refractivity contribution in [2.24, 2.45) is 0 Å². The highest BCUT2D eigenvalue weighted by Gasteiger charge is 2.51. The van der Waals surface area contributed by atoms with E-state index in [0.717, 1.165) is 19.3 Å². The molecule has 1 unspecified atom stereocenters. The van der Waals surface area contributed by atoms with Gasteiger partial charge in [-0.3, -0.25) is 0 Å². The Bertz CT molecular complexity index is 335. The van der Waals surface area contributed by atoms with E-state index in [4.69, 9.17) is 18.0 Å². The van der Waals surface area contributed by atoms with E-state index in [2.05, 4.69) is 0 Å². The molecule has 0 aromatic heterocycles. The molecule has 0 aromatic rings. The molecule has 0 bridgehead atoms. The number of esters is 1. The number of hydrogen-bond acceptors (Lipinski definition) is 5. The highest BCUT2D eigenvalue weighted by Crippen LogP contribution is 2.23. The van der Waals surface area contributed by atoms with Gasteiger partial charge in [-0.05, 0) is 39.5 Å². The molecule has 0 aliphatic carbocycles. The lowest BCUT2D eigenvalue weighted by atomic mass is 10.3. The van der Waals surface area contributed by atoms with Crippen LogP contribution in [0.5, 0.6) is 0 Å². The van der Waals surface area contributed by atoms with Crippen LogP contribution in [-0.2, 0) is 22.8 Å². The fraction of sp³-hybridized carbons (Fsp3) is 0.824. The molecule has 0 radical (unpaired) electrons. The van der Waals surface area contributed by atoms with Crippen molar-refractivity contribution >= 4 is 14.8 Å². The molecule has 136 valence electrons. The Hall–Kier alpha value is -0.693. The van der Waals surface area contributed by atoms with Gasteiger partial charge in [0.2, 0.25) is 0 Å². The van der Waals surface area contributed by atoms with Gasteiger partial charge in [0.25, 0.3) is 0 Å². The fourth-order valence-electron chi connectivity index (χ4n) is 1.88. The molecule has 0 N–H and O–H groups in total. The Morgan fingerprint density at radius 1 is 0.957 bits per heavy atom. The Kier molecular flexibility index (Phi) is 12.3. The van der Waals surface area contributed by atoms with Crippen LogP contribution in [0.25, 0.3) is 0 Å². The van der Waals surface area contributed by atoms with E-state index >= 15 is 0 Å². The molecule has 0 fully saturated rings. The van der Waals surface area contributed by atoms with Gasteiger partial charge in [-0.1, -0.05) is 33.8 Å². The molecular weight excluding hydrogens is 312 g/mol. The van der Waals surface area contributed by atoms with Crippen LogP contribution in [0.1, 0.15) is 67.2 Å². The lowest BCUT2D eigenvalue weighted by molar-refractivity contribution is -0.144. The van der Waals surface area contributed by atoms with Gasteiger partial charge in [0, 0.05) is 25.4 Å². The van der Waals surface area contributed by atoms with E-state index in [-0.39, 0.29) is 5.97 Å². The summed E-state index contributed by atoms with van der Waals surface area (Å²) in [6.45, 7) is 13.2. The van der Waals surface area contributed by atoms with Gasteiger partial charge >= 0.3 is 14.8 Å². The first-order chi connectivity index (χ1) is 11.0. The SMILES string of the molecule is CC=C(C)C(=O)OC(CC)[Si](OCCC)(OCCC)OCCC. The van der Waals surface area contributed by atoms with Crippen molar-refractivity contribution in [3.63, 3.8) is 0 Å². The van der Waals surface area contributed by atoms with Crippen LogP contribution in [0.15, 0.2) is 11.6 Å². The van der Waals surface area contributed by atoms with E-state index in [0.29, 0.717) is 31.8 Å². The zero-order valence-corrected chi connectivity index (χ0v) is 16.6. The summed E-state index contributed by atoms with van der Waals surface area (Å²) >= 11 is 0. The zero-order valence-electron chi connectivity index (χ0n) is 15.6. The molecule has 0 saturated heterocycles. The van der Waals surface area contributed by atoms with E-state index in [1.54, 1.807) is 13.0 Å². The minimum atomic E-state index is -3.08. The first-order valence-corrected chi connectivity index (χ1v) is 10.6. The quantitative estimate of drug-likeness (QED) is 0.286. The van der Waals surface area contributed by atoms with Crippen molar-refractivity contribution in [3.8, 4) is 0 Å². The summed E-state index contributed by atoms with van der Waals surface area (Å²) in [6, 6.07) is 0. The van der Waals surface area contributed by atoms with Crippen molar-refractivity contribution in [1.82, 2.24) is 0 Å². The lowest BCUT2D eigenvalue weighted by Crippen LogP contribution is -2.58. The lowest BCUT2D eigenvalue weighted by Gasteiger charge is -2.35. The predicted molar refractivity (Wildman–Crippen MR) is 94.1 cm³/mol. The zero-order chi connectivity index (χ0) is 17.7. The van der Waals surface area contributed by atoms with Crippen molar-refractivity contribution in [2.75, 3.05) is 19.8 Å².